The number of hydrogen-bond donors (Lipinski definition) is 0. The van der Waals surface area contributed by atoms with E-state index in [0.717, 1.165) is 11.1 Å². The van der Waals surface area contributed by atoms with E-state index < -0.39 is 0 Å². The van der Waals surface area contributed by atoms with Crippen LogP contribution in [0.4, 0.5) is 0 Å². The van der Waals surface area contributed by atoms with Crippen molar-refractivity contribution < 1.29 is 26.2 Å². The maximum atomic E-state index is 3.72. The Morgan fingerprint density at radius 1 is 0.667 bits per heavy atom. The van der Waals surface area contributed by atoms with Crippen LogP contribution in [0, 0.1) is 13.0 Å². The normalized spacial score (nSPS) is 8.63. The molecule has 0 heterocycles. The van der Waals surface area contributed by atoms with Crippen LogP contribution in [0.2, 0.25) is 0 Å². The molecule has 4 aromatic carbocycles. The summed E-state index contributed by atoms with van der Waals surface area (Å²) in [5.74, 6) is 0. The molecule has 4 rings (SSSR count). The molecule has 0 unspecified atom stereocenters. The molecule has 4 aromatic rings. The van der Waals surface area contributed by atoms with Crippen molar-refractivity contribution in [3.05, 3.63) is 152 Å². The molecule has 0 aromatic heterocycles. The zero-order valence-electron chi connectivity index (χ0n) is 15.8. The first kappa shape index (κ1) is 24.6. The fourth-order valence-corrected chi connectivity index (χ4v) is 1.82. The van der Waals surface area contributed by atoms with Gasteiger partial charge in [0.2, 0.25) is 0 Å². The van der Waals surface area contributed by atoms with E-state index in [-0.39, 0.29) is 26.2 Å². The predicted octanol–water partition coefficient (Wildman–Crippen LogP) is 7.09. The van der Waals surface area contributed by atoms with Gasteiger partial charge >= 0.3 is 26.2 Å². The summed E-state index contributed by atoms with van der Waals surface area (Å²) in [6, 6.07) is 39.9. The molecule has 0 saturated carbocycles. The topological polar surface area (TPSA) is 0 Å². The maximum Gasteiger partial charge on any atom is 4.00 e. The van der Waals surface area contributed by atoms with Crippen LogP contribution in [0.3, 0.4) is 0 Å². The number of hydrogen-bond acceptors (Lipinski definition) is 0. The third kappa shape index (κ3) is 15.6. The molecule has 0 aliphatic heterocycles. The summed E-state index contributed by atoms with van der Waals surface area (Å²) < 4.78 is 0. The molecule has 0 N–H and O–H groups in total. The molecular formula is C26H26Zr. The third-order valence-corrected chi connectivity index (χ3v) is 3.04. The van der Waals surface area contributed by atoms with E-state index in [4.69, 9.17) is 0 Å². The fraction of sp³-hybridized carbons (Fsp3) is 0.0385. The van der Waals surface area contributed by atoms with E-state index in [1.165, 1.54) is 0 Å². The summed E-state index contributed by atoms with van der Waals surface area (Å²) in [6.45, 7) is 5.69. The van der Waals surface area contributed by atoms with Gasteiger partial charge in [-0.15, -0.1) is 30.3 Å². The minimum absolute atomic E-state index is 0. The Bertz CT molecular complexity index is 676. The maximum absolute atomic E-state index is 3.72. The molecule has 0 nitrogen and oxygen atoms in total. The zero-order chi connectivity index (χ0) is 18.7. The average Bonchev–Trinajstić information content (AvgIpc) is 3.43. The summed E-state index contributed by atoms with van der Waals surface area (Å²) in [6.07, 6.45) is 4.99. The van der Waals surface area contributed by atoms with Crippen LogP contribution in [0.15, 0.2) is 127 Å². The first-order chi connectivity index (χ1) is 12.8. The van der Waals surface area contributed by atoms with Crippen LogP contribution in [0.1, 0.15) is 18.1 Å². The molecule has 27 heavy (non-hydrogen) atoms. The Hall–Kier alpha value is -2.37. The van der Waals surface area contributed by atoms with Crippen molar-refractivity contribution in [3.63, 3.8) is 0 Å². The molecule has 0 aliphatic rings. The van der Waals surface area contributed by atoms with Crippen molar-refractivity contribution in [1.82, 2.24) is 0 Å². The van der Waals surface area contributed by atoms with Crippen molar-refractivity contribution in [2.24, 2.45) is 0 Å². The number of benzene rings is 2. The Morgan fingerprint density at radius 2 is 1.07 bits per heavy atom. The van der Waals surface area contributed by atoms with Gasteiger partial charge in [-0.05, 0) is 0 Å². The summed E-state index contributed by atoms with van der Waals surface area (Å²) in [5.41, 5.74) is 2.21. The van der Waals surface area contributed by atoms with Gasteiger partial charge in [0, 0.05) is 0 Å². The van der Waals surface area contributed by atoms with Gasteiger partial charge in [0.15, 0.2) is 0 Å². The van der Waals surface area contributed by atoms with Gasteiger partial charge in [0.05, 0.1) is 0 Å². The van der Waals surface area contributed by atoms with Crippen molar-refractivity contribution in [3.8, 4) is 0 Å². The molecule has 0 radical (unpaired) electrons. The second-order valence-corrected chi connectivity index (χ2v) is 5.21. The minimum Gasteiger partial charge on any atom is -0.214 e. The minimum atomic E-state index is 0. The molecular weight excluding hydrogens is 404 g/mol. The van der Waals surface area contributed by atoms with Gasteiger partial charge in [-0.3, -0.25) is 0 Å². The van der Waals surface area contributed by atoms with Crippen LogP contribution < -0.4 is 0 Å². The monoisotopic (exact) mass is 428 g/mol. The predicted molar refractivity (Wildman–Crippen MR) is 114 cm³/mol. The Balaban J connectivity index is 0.000000339. The summed E-state index contributed by atoms with van der Waals surface area (Å²) in [7, 11) is 0. The molecule has 0 bridgehead atoms. The number of rotatable bonds is 1. The molecule has 0 atom stereocenters. The van der Waals surface area contributed by atoms with Crippen LogP contribution in [-0.2, 0) is 26.2 Å². The molecule has 0 amide bonds. The first-order valence-corrected chi connectivity index (χ1v) is 8.62. The summed E-state index contributed by atoms with van der Waals surface area (Å²) in [4.78, 5) is 0. The molecule has 1 heteroatoms. The van der Waals surface area contributed by atoms with E-state index in [1.807, 2.05) is 134 Å². The quantitative estimate of drug-likeness (QED) is 0.283. The summed E-state index contributed by atoms with van der Waals surface area (Å²) in [5, 5.41) is 0. The fourth-order valence-electron chi connectivity index (χ4n) is 1.82. The standard InChI is InChI=1S/C9H9.C7H7.2C5H5.Zr/c1-2-6-9-7-4-3-5-8-9;1-7-5-3-2-4-6-7;2*1-2-4-5-3-1;/h2-5,7-8H,1H3;2-6H,1H2;2*1-5H;/q4*-1;+4. The van der Waals surface area contributed by atoms with Crippen molar-refractivity contribution in [2.75, 3.05) is 0 Å². The van der Waals surface area contributed by atoms with Gasteiger partial charge in [-0.2, -0.15) is 84.8 Å². The molecule has 0 saturated heterocycles. The molecule has 0 fully saturated rings. The van der Waals surface area contributed by atoms with E-state index in [2.05, 4.69) is 13.0 Å². The van der Waals surface area contributed by atoms with Gasteiger partial charge in [-0.1, -0.05) is 19.1 Å². The SMILES string of the molecule is CC=[C-]c1ccccc1.[CH2-]c1ccccc1.[Zr+4].c1cc[cH-]c1.c1cc[cH-]c1. The average molecular weight is 430 g/mol. The molecule has 0 spiro atoms. The van der Waals surface area contributed by atoms with Gasteiger partial charge < -0.3 is 0 Å². The third-order valence-electron chi connectivity index (χ3n) is 3.04. The Kier molecular flexibility index (Phi) is 16.8. The smallest absolute Gasteiger partial charge is 0.214 e. The van der Waals surface area contributed by atoms with Crippen molar-refractivity contribution >= 4 is 0 Å². The van der Waals surface area contributed by atoms with E-state index >= 15 is 0 Å². The Labute approximate surface area is 184 Å². The molecule has 0 aliphatic carbocycles. The second kappa shape index (κ2) is 18.4. The number of allylic oxidation sites excluding steroid dienone is 1. The second-order valence-electron chi connectivity index (χ2n) is 5.21. The largest absolute Gasteiger partial charge is 4.00 e. The van der Waals surface area contributed by atoms with Crippen LogP contribution in [0.5, 0.6) is 0 Å². The van der Waals surface area contributed by atoms with Gasteiger partial charge in [0.25, 0.3) is 0 Å². The summed E-state index contributed by atoms with van der Waals surface area (Å²) >= 11 is 0. The van der Waals surface area contributed by atoms with Crippen molar-refractivity contribution in [2.45, 2.75) is 6.92 Å². The van der Waals surface area contributed by atoms with Gasteiger partial charge in [0.1, 0.15) is 0 Å². The van der Waals surface area contributed by atoms with Crippen LogP contribution in [-0.4, -0.2) is 0 Å². The van der Waals surface area contributed by atoms with Crippen LogP contribution >= 0.6 is 0 Å². The van der Waals surface area contributed by atoms with Crippen molar-refractivity contribution in [1.29, 1.82) is 0 Å². The zero-order valence-corrected chi connectivity index (χ0v) is 18.3. The van der Waals surface area contributed by atoms with E-state index in [0.29, 0.717) is 0 Å². The molecule has 134 valence electrons. The Morgan fingerprint density at radius 3 is 1.33 bits per heavy atom. The van der Waals surface area contributed by atoms with E-state index in [1.54, 1.807) is 0 Å². The van der Waals surface area contributed by atoms with E-state index in [9.17, 15) is 0 Å². The first-order valence-electron chi connectivity index (χ1n) is 8.62. The van der Waals surface area contributed by atoms with Gasteiger partial charge in [-0.25, -0.2) is 24.3 Å². The van der Waals surface area contributed by atoms with Crippen LogP contribution in [0.25, 0.3) is 0 Å².